The molecule has 0 fully saturated rings. The average molecular weight is 340 g/mol. The maximum atomic E-state index is 12.4. The smallest absolute Gasteiger partial charge is 0.420 e. The van der Waals surface area contributed by atoms with Crippen LogP contribution in [0.2, 0.25) is 0 Å². The number of anilines is 1. The highest BCUT2D eigenvalue weighted by molar-refractivity contribution is 6.02. The largest absolute Gasteiger partial charge is 0.465 e. The fourth-order valence-corrected chi connectivity index (χ4v) is 2.64. The topological polar surface area (TPSA) is 90.5 Å². The summed E-state index contributed by atoms with van der Waals surface area (Å²) < 4.78 is 11.1. The molecule has 25 heavy (non-hydrogen) atoms. The molecule has 0 aliphatic heterocycles. The zero-order chi connectivity index (χ0) is 18.0. The molecule has 7 nitrogen and oxygen atoms in total. The molecule has 0 saturated heterocycles. The number of methoxy groups -OCH3 is 1. The van der Waals surface area contributed by atoms with Crippen LogP contribution in [0, 0.1) is 6.92 Å². The number of nitrogens with zero attached hydrogens (tertiary/aromatic N) is 1. The number of hydrogen-bond donors (Lipinski definition) is 1. The van der Waals surface area contributed by atoms with E-state index < -0.39 is 17.6 Å². The van der Waals surface area contributed by atoms with Gasteiger partial charge in [0.25, 0.3) is 0 Å². The van der Waals surface area contributed by atoms with Crippen molar-refractivity contribution in [3.8, 4) is 0 Å². The molecule has 0 atom stereocenters. The van der Waals surface area contributed by atoms with Gasteiger partial charge in [-0.1, -0.05) is 24.3 Å². The van der Waals surface area contributed by atoms with Crippen molar-refractivity contribution in [1.82, 2.24) is 4.57 Å². The van der Waals surface area contributed by atoms with Crippen LogP contribution in [0.4, 0.5) is 5.69 Å². The van der Waals surface area contributed by atoms with Gasteiger partial charge in [-0.3, -0.25) is 9.36 Å². The quantitative estimate of drug-likeness (QED) is 0.736. The molecular formula is C18H16N2O5. The highest BCUT2D eigenvalue weighted by atomic mass is 16.5. The van der Waals surface area contributed by atoms with Crippen LogP contribution in [0.15, 0.2) is 51.7 Å². The number of fused-ring (bicyclic) bond motifs is 1. The molecular weight excluding hydrogens is 324 g/mol. The molecule has 0 bridgehead atoms. The van der Waals surface area contributed by atoms with Crippen LogP contribution in [0.25, 0.3) is 11.1 Å². The maximum absolute atomic E-state index is 12.4. The molecule has 0 radical (unpaired) electrons. The molecule has 0 saturated carbocycles. The van der Waals surface area contributed by atoms with Crippen molar-refractivity contribution in [3.63, 3.8) is 0 Å². The lowest BCUT2D eigenvalue weighted by atomic mass is 10.1. The van der Waals surface area contributed by atoms with E-state index in [0.29, 0.717) is 22.4 Å². The molecule has 0 aliphatic rings. The Balaban J connectivity index is 1.89. The van der Waals surface area contributed by atoms with Crippen LogP contribution in [-0.4, -0.2) is 23.6 Å². The number of benzene rings is 2. The van der Waals surface area contributed by atoms with Crippen LogP contribution in [0.3, 0.4) is 0 Å². The van der Waals surface area contributed by atoms with Gasteiger partial charge in [-0.25, -0.2) is 9.59 Å². The summed E-state index contributed by atoms with van der Waals surface area (Å²) in [6.45, 7) is 1.51. The standard InChI is InChI=1S/C18H16N2O5/c1-11-6-5-7-12(16(11)17(22)24-2)19-15(21)10-20-13-8-3-4-9-14(13)25-18(20)23/h3-9H,10H2,1-2H3,(H,19,21). The molecule has 1 heterocycles. The van der Waals surface area contributed by atoms with E-state index in [2.05, 4.69) is 5.32 Å². The van der Waals surface area contributed by atoms with E-state index in [4.69, 9.17) is 9.15 Å². The summed E-state index contributed by atoms with van der Waals surface area (Å²) in [6, 6.07) is 11.9. The summed E-state index contributed by atoms with van der Waals surface area (Å²) in [4.78, 5) is 36.3. The normalized spacial score (nSPS) is 10.6. The van der Waals surface area contributed by atoms with Gasteiger partial charge in [0.15, 0.2) is 5.58 Å². The highest BCUT2D eigenvalue weighted by Gasteiger charge is 2.18. The number of oxazole rings is 1. The number of para-hydroxylation sites is 2. The summed E-state index contributed by atoms with van der Waals surface area (Å²) >= 11 is 0. The van der Waals surface area contributed by atoms with E-state index in [1.807, 2.05) is 0 Å². The number of aryl methyl sites for hydroxylation is 1. The molecule has 1 aromatic heterocycles. The van der Waals surface area contributed by atoms with Crippen molar-refractivity contribution in [1.29, 1.82) is 0 Å². The Labute approximate surface area is 142 Å². The lowest BCUT2D eigenvalue weighted by molar-refractivity contribution is -0.116. The number of nitrogens with one attached hydrogen (secondary N) is 1. The van der Waals surface area contributed by atoms with Crippen LogP contribution in [0.1, 0.15) is 15.9 Å². The van der Waals surface area contributed by atoms with Crippen molar-refractivity contribution in [3.05, 3.63) is 64.1 Å². The summed E-state index contributed by atoms with van der Waals surface area (Å²) in [5.41, 5.74) is 2.22. The van der Waals surface area contributed by atoms with Gasteiger partial charge in [0, 0.05) is 0 Å². The first-order valence-corrected chi connectivity index (χ1v) is 7.57. The first kappa shape index (κ1) is 16.5. The molecule has 3 rings (SSSR count). The maximum Gasteiger partial charge on any atom is 0.420 e. The third-order valence-corrected chi connectivity index (χ3v) is 3.81. The van der Waals surface area contributed by atoms with Crippen LogP contribution < -0.4 is 11.1 Å². The summed E-state index contributed by atoms with van der Waals surface area (Å²) in [5.74, 6) is -1.61. The van der Waals surface area contributed by atoms with Gasteiger partial charge in [0.1, 0.15) is 6.54 Å². The predicted octanol–water partition coefficient (Wildman–Crippen LogP) is 2.33. The van der Waals surface area contributed by atoms with Crippen LogP contribution in [-0.2, 0) is 16.1 Å². The highest BCUT2D eigenvalue weighted by Crippen LogP contribution is 2.21. The van der Waals surface area contributed by atoms with Crippen molar-refractivity contribution < 1.29 is 18.7 Å². The number of amides is 1. The Bertz CT molecular complexity index is 1020. The van der Waals surface area contributed by atoms with Gasteiger partial charge < -0.3 is 14.5 Å². The Kier molecular flexibility index (Phi) is 4.38. The SMILES string of the molecule is COC(=O)c1c(C)cccc1NC(=O)Cn1c(=O)oc2ccccc21. The van der Waals surface area contributed by atoms with Crippen molar-refractivity contribution in [2.45, 2.75) is 13.5 Å². The van der Waals surface area contributed by atoms with Crippen molar-refractivity contribution >= 4 is 28.7 Å². The Morgan fingerprint density at radius 1 is 1.16 bits per heavy atom. The third-order valence-electron chi connectivity index (χ3n) is 3.81. The number of ether oxygens (including phenoxy) is 1. The van der Waals surface area contributed by atoms with Gasteiger partial charge in [0.2, 0.25) is 5.91 Å². The number of hydrogen-bond acceptors (Lipinski definition) is 5. The van der Waals surface area contributed by atoms with E-state index in [9.17, 15) is 14.4 Å². The average Bonchev–Trinajstić information content (AvgIpc) is 2.90. The van der Waals surface area contributed by atoms with Crippen LogP contribution >= 0.6 is 0 Å². The van der Waals surface area contributed by atoms with Crippen molar-refractivity contribution in [2.24, 2.45) is 0 Å². The Morgan fingerprint density at radius 3 is 2.68 bits per heavy atom. The van der Waals surface area contributed by atoms with Gasteiger partial charge in [-0.15, -0.1) is 0 Å². The minimum Gasteiger partial charge on any atom is -0.465 e. The zero-order valence-corrected chi connectivity index (χ0v) is 13.7. The fraction of sp³-hybridized carbons (Fsp3) is 0.167. The molecule has 3 aromatic rings. The lowest BCUT2D eigenvalue weighted by Gasteiger charge is -2.12. The summed E-state index contributed by atoms with van der Waals surface area (Å²) in [6.07, 6.45) is 0. The molecule has 0 unspecified atom stereocenters. The second-order valence-corrected chi connectivity index (χ2v) is 5.46. The Hall–Kier alpha value is -3.35. The number of carbonyl (C=O) groups is 2. The lowest BCUT2D eigenvalue weighted by Crippen LogP contribution is -2.25. The first-order chi connectivity index (χ1) is 12.0. The first-order valence-electron chi connectivity index (χ1n) is 7.57. The molecule has 7 heteroatoms. The van der Waals surface area contributed by atoms with E-state index in [1.165, 1.54) is 11.7 Å². The predicted molar refractivity (Wildman–Crippen MR) is 91.6 cm³/mol. The molecule has 128 valence electrons. The zero-order valence-electron chi connectivity index (χ0n) is 13.7. The second kappa shape index (κ2) is 6.64. The minimum atomic E-state index is -0.617. The number of rotatable bonds is 4. The summed E-state index contributed by atoms with van der Waals surface area (Å²) in [5, 5.41) is 2.66. The van der Waals surface area contributed by atoms with Gasteiger partial charge in [0.05, 0.1) is 23.9 Å². The molecule has 1 N–H and O–H groups in total. The molecule has 0 aliphatic carbocycles. The molecule has 0 spiro atoms. The monoisotopic (exact) mass is 340 g/mol. The van der Waals surface area contributed by atoms with Gasteiger partial charge >= 0.3 is 11.7 Å². The van der Waals surface area contributed by atoms with E-state index in [1.54, 1.807) is 49.4 Å². The van der Waals surface area contributed by atoms with Crippen molar-refractivity contribution in [2.75, 3.05) is 12.4 Å². The second-order valence-electron chi connectivity index (χ2n) is 5.46. The fourth-order valence-electron chi connectivity index (χ4n) is 2.64. The van der Waals surface area contributed by atoms with Crippen LogP contribution in [0.5, 0.6) is 0 Å². The number of carbonyl (C=O) groups excluding carboxylic acids is 2. The Morgan fingerprint density at radius 2 is 1.92 bits per heavy atom. The number of esters is 1. The van der Waals surface area contributed by atoms with E-state index in [0.717, 1.165) is 0 Å². The molecule has 2 aromatic carbocycles. The van der Waals surface area contributed by atoms with Gasteiger partial charge in [-0.05, 0) is 30.7 Å². The van der Waals surface area contributed by atoms with E-state index in [-0.39, 0.29) is 12.1 Å². The van der Waals surface area contributed by atoms with Gasteiger partial charge in [-0.2, -0.15) is 0 Å². The molecule has 1 amide bonds. The minimum absolute atomic E-state index is 0.232. The van der Waals surface area contributed by atoms with E-state index >= 15 is 0 Å². The number of aromatic nitrogens is 1. The summed E-state index contributed by atoms with van der Waals surface area (Å²) in [7, 11) is 1.28. The third kappa shape index (κ3) is 3.16.